The Kier molecular flexibility index (Phi) is 7.09. The summed E-state index contributed by atoms with van der Waals surface area (Å²) < 4.78 is 17.1. The normalized spacial score (nSPS) is 11.1. The van der Waals surface area contributed by atoms with Crippen LogP contribution in [0, 0.1) is 0 Å². The molecule has 182 valence electrons. The van der Waals surface area contributed by atoms with E-state index in [9.17, 15) is 0 Å². The van der Waals surface area contributed by atoms with E-state index in [4.69, 9.17) is 19.2 Å². The van der Waals surface area contributed by atoms with Crippen LogP contribution < -0.4 is 9.47 Å². The highest BCUT2D eigenvalue weighted by Gasteiger charge is 2.14. The molecule has 0 spiro atoms. The molecule has 0 amide bonds. The topological polar surface area (TPSA) is 108 Å². The minimum atomic E-state index is 0.332. The number of nitrogens with zero attached hydrogens (tertiary/aromatic N) is 5. The highest BCUT2D eigenvalue weighted by molar-refractivity contribution is 5.82. The van der Waals surface area contributed by atoms with Crippen molar-refractivity contribution in [2.24, 2.45) is 0 Å². The molecule has 0 saturated carbocycles. The van der Waals surface area contributed by atoms with Crippen LogP contribution in [0.25, 0.3) is 33.5 Å². The lowest BCUT2D eigenvalue weighted by Crippen LogP contribution is -2.06. The molecule has 9 heteroatoms. The summed E-state index contributed by atoms with van der Waals surface area (Å²) >= 11 is 0. The lowest BCUT2D eigenvalue weighted by Gasteiger charge is -2.13. The van der Waals surface area contributed by atoms with Gasteiger partial charge in [-0.2, -0.15) is 5.21 Å². The molecule has 0 unspecified atom stereocenters. The van der Waals surface area contributed by atoms with Gasteiger partial charge in [0.25, 0.3) is 0 Å². The van der Waals surface area contributed by atoms with Crippen LogP contribution in [0.15, 0.2) is 66.7 Å². The van der Waals surface area contributed by atoms with Crippen LogP contribution in [-0.4, -0.2) is 50.9 Å². The predicted molar refractivity (Wildman–Crippen MR) is 136 cm³/mol. The van der Waals surface area contributed by atoms with E-state index < -0.39 is 0 Å². The molecular formula is C27H26N6O3. The third-order valence-corrected chi connectivity index (χ3v) is 5.69. The minimum absolute atomic E-state index is 0.332. The van der Waals surface area contributed by atoms with Crippen molar-refractivity contribution in [3.63, 3.8) is 0 Å². The van der Waals surface area contributed by atoms with Crippen molar-refractivity contribution < 1.29 is 14.2 Å². The average molecular weight is 483 g/mol. The quantitative estimate of drug-likeness (QED) is 0.287. The zero-order chi connectivity index (χ0) is 24.7. The molecule has 0 aliphatic carbocycles. The van der Waals surface area contributed by atoms with Crippen LogP contribution in [0.2, 0.25) is 0 Å². The van der Waals surface area contributed by atoms with Gasteiger partial charge in [-0.25, -0.2) is 4.98 Å². The summed E-state index contributed by atoms with van der Waals surface area (Å²) in [5.41, 5.74) is 6.27. The molecule has 0 saturated heterocycles. The second-order valence-electron chi connectivity index (χ2n) is 8.09. The summed E-state index contributed by atoms with van der Waals surface area (Å²) in [6.07, 6.45) is 0.784. The summed E-state index contributed by atoms with van der Waals surface area (Å²) in [7, 11) is 1.63. The third kappa shape index (κ3) is 5.16. The zero-order valence-corrected chi connectivity index (χ0v) is 20.1. The van der Waals surface area contributed by atoms with Gasteiger partial charge in [0, 0.05) is 30.5 Å². The molecular weight excluding hydrogens is 456 g/mol. The molecule has 0 aliphatic heterocycles. The fourth-order valence-electron chi connectivity index (χ4n) is 3.89. The predicted octanol–water partition coefficient (Wildman–Crippen LogP) is 4.64. The summed E-state index contributed by atoms with van der Waals surface area (Å²) in [6.45, 7) is 3.29. The molecule has 3 aromatic heterocycles. The van der Waals surface area contributed by atoms with Crippen LogP contribution in [0.4, 0.5) is 0 Å². The number of benzene rings is 2. The van der Waals surface area contributed by atoms with E-state index in [0.29, 0.717) is 42.8 Å². The third-order valence-electron chi connectivity index (χ3n) is 5.69. The SMILES string of the molecule is CCc1cc(OCc2ccc(-c3ccccc3)c(-c3nn[nH]n3)c2)c2nc(OCCOC)ccc2n1. The first kappa shape index (κ1) is 23.4. The van der Waals surface area contributed by atoms with Crippen LogP contribution >= 0.6 is 0 Å². The van der Waals surface area contributed by atoms with E-state index in [0.717, 1.165) is 39.9 Å². The molecule has 0 radical (unpaired) electrons. The Hall–Kier alpha value is -4.37. The molecule has 0 bridgehead atoms. The van der Waals surface area contributed by atoms with Crippen molar-refractivity contribution in [2.45, 2.75) is 20.0 Å². The van der Waals surface area contributed by atoms with Crippen molar-refractivity contribution in [2.75, 3.05) is 20.3 Å². The number of fused-ring (bicyclic) bond motifs is 1. The Morgan fingerprint density at radius 1 is 0.861 bits per heavy atom. The maximum absolute atomic E-state index is 6.30. The second kappa shape index (κ2) is 10.9. The number of pyridine rings is 2. The number of aromatic amines is 1. The number of nitrogens with one attached hydrogen (secondary N) is 1. The number of tetrazole rings is 1. The van der Waals surface area contributed by atoms with Gasteiger partial charge in [-0.15, -0.1) is 10.2 Å². The lowest BCUT2D eigenvalue weighted by molar-refractivity contribution is 0.144. The van der Waals surface area contributed by atoms with Crippen LogP contribution in [0.3, 0.4) is 0 Å². The van der Waals surface area contributed by atoms with Gasteiger partial charge in [0.1, 0.15) is 24.5 Å². The Morgan fingerprint density at radius 2 is 1.75 bits per heavy atom. The number of rotatable bonds is 10. The van der Waals surface area contributed by atoms with Gasteiger partial charge in [0.15, 0.2) is 0 Å². The first-order valence-corrected chi connectivity index (χ1v) is 11.7. The first-order chi connectivity index (χ1) is 17.7. The largest absolute Gasteiger partial charge is 0.486 e. The number of ether oxygens (including phenoxy) is 3. The van der Waals surface area contributed by atoms with Crippen LogP contribution in [0.1, 0.15) is 18.2 Å². The number of aryl methyl sites for hydroxylation is 1. The van der Waals surface area contributed by atoms with Crippen LogP contribution in [-0.2, 0) is 17.8 Å². The number of aromatic nitrogens is 6. The summed E-state index contributed by atoms with van der Waals surface area (Å²) in [5.74, 6) is 1.68. The summed E-state index contributed by atoms with van der Waals surface area (Å²) in [4.78, 5) is 9.34. The van der Waals surface area contributed by atoms with Crippen molar-refractivity contribution in [1.82, 2.24) is 30.6 Å². The Labute approximate surface area is 208 Å². The molecule has 0 aliphatic rings. The van der Waals surface area contributed by atoms with Crippen molar-refractivity contribution >= 4 is 11.0 Å². The van der Waals surface area contributed by atoms with Gasteiger partial charge in [-0.3, -0.25) is 4.98 Å². The molecule has 5 rings (SSSR count). The van der Waals surface area contributed by atoms with E-state index >= 15 is 0 Å². The van der Waals surface area contributed by atoms with Gasteiger partial charge < -0.3 is 14.2 Å². The van der Waals surface area contributed by atoms with E-state index in [1.54, 1.807) is 7.11 Å². The van der Waals surface area contributed by atoms with Gasteiger partial charge in [0.05, 0.1) is 12.1 Å². The zero-order valence-electron chi connectivity index (χ0n) is 20.1. The second-order valence-corrected chi connectivity index (χ2v) is 8.09. The maximum atomic E-state index is 6.30. The fourth-order valence-corrected chi connectivity index (χ4v) is 3.89. The van der Waals surface area contributed by atoms with Crippen molar-refractivity contribution in [1.29, 1.82) is 0 Å². The Morgan fingerprint density at radius 3 is 2.53 bits per heavy atom. The van der Waals surface area contributed by atoms with E-state index in [1.807, 2.05) is 48.5 Å². The molecule has 5 aromatic rings. The molecule has 36 heavy (non-hydrogen) atoms. The van der Waals surface area contributed by atoms with Gasteiger partial charge in [0.2, 0.25) is 11.7 Å². The highest BCUT2D eigenvalue weighted by Crippen LogP contribution is 2.32. The smallest absolute Gasteiger partial charge is 0.214 e. The Bertz CT molecular complexity index is 1440. The fraction of sp³-hybridized carbons (Fsp3) is 0.222. The summed E-state index contributed by atoms with van der Waals surface area (Å²) in [5, 5.41) is 14.7. The Balaban J connectivity index is 1.46. The van der Waals surface area contributed by atoms with Crippen molar-refractivity contribution in [3.05, 3.63) is 78.0 Å². The standard InChI is InChI=1S/C27H26N6O3/c1-3-20-16-24(26-23(28-20)11-12-25(29-26)35-14-13-34-2)36-17-18-9-10-21(19-7-5-4-6-8-19)22(15-18)27-30-32-33-31-27/h4-12,15-16H,3,13-14,17H2,1-2H3,(H,30,31,32,33). The van der Waals surface area contributed by atoms with Gasteiger partial charge >= 0.3 is 0 Å². The molecule has 0 fully saturated rings. The number of hydrogen-bond donors (Lipinski definition) is 1. The van der Waals surface area contributed by atoms with E-state index in [1.165, 1.54) is 0 Å². The molecule has 2 aromatic carbocycles. The average Bonchev–Trinajstić information content (AvgIpc) is 3.47. The van der Waals surface area contributed by atoms with Crippen molar-refractivity contribution in [3.8, 4) is 34.1 Å². The molecule has 3 heterocycles. The monoisotopic (exact) mass is 482 g/mol. The van der Waals surface area contributed by atoms with Crippen LogP contribution in [0.5, 0.6) is 11.6 Å². The molecule has 9 nitrogen and oxygen atoms in total. The lowest BCUT2D eigenvalue weighted by atomic mass is 9.97. The number of methoxy groups -OCH3 is 1. The molecule has 1 N–H and O–H groups in total. The maximum Gasteiger partial charge on any atom is 0.214 e. The molecule has 0 atom stereocenters. The van der Waals surface area contributed by atoms with Gasteiger partial charge in [-0.1, -0.05) is 49.4 Å². The summed E-state index contributed by atoms with van der Waals surface area (Å²) in [6, 6.07) is 21.9. The highest BCUT2D eigenvalue weighted by atomic mass is 16.5. The number of hydrogen-bond acceptors (Lipinski definition) is 8. The van der Waals surface area contributed by atoms with E-state index in [2.05, 4.69) is 50.7 Å². The minimum Gasteiger partial charge on any atom is -0.486 e. The first-order valence-electron chi connectivity index (χ1n) is 11.7. The van der Waals surface area contributed by atoms with Gasteiger partial charge in [-0.05, 0) is 40.5 Å². The van der Waals surface area contributed by atoms with E-state index in [-0.39, 0.29) is 0 Å². The number of H-pyrrole nitrogens is 1.